The van der Waals surface area contributed by atoms with Gasteiger partial charge in [-0.15, -0.1) is 0 Å². The zero-order valence-corrected chi connectivity index (χ0v) is 9.08. The van der Waals surface area contributed by atoms with Crippen molar-refractivity contribution < 1.29 is 14.4 Å². The number of hydrogen-bond donors (Lipinski definition) is 2. The average Bonchev–Trinajstić information content (AvgIpc) is 2.67. The molecule has 90 valence electrons. The third kappa shape index (κ3) is 2.51. The van der Waals surface area contributed by atoms with Gasteiger partial charge in [0.2, 0.25) is 0 Å². The van der Waals surface area contributed by atoms with Gasteiger partial charge in [-0.25, -0.2) is 0 Å². The molecular formula is C10H11N3O4. The van der Waals surface area contributed by atoms with Gasteiger partial charge in [-0.1, -0.05) is 0 Å². The van der Waals surface area contributed by atoms with E-state index in [0.29, 0.717) is 17.6 Å². The predicted molar refractivity (Wildman–Crippen MR) is 60.8 cm³/mol. The molecule has 17 heavy (non-hydrogen) atoms. The van der Waals surface area contributed by atoms with E-state index in [1.165, 1.54) is 18.2 Å². The van der Waals surface area contributed by atoms with Crippen LogP contribution in [0.25, 0.3) is 11.1 Å². The van der Waals surface area contributed by atoms with Gasteiger partial charge in [0, 0.05) is 12.6 Å². The van der Waals surface area contributed by atoms with Gasteiger partial charge in [0.25, 0.3) is 11.7 Å². The molecule has 0 fully saturated rings. The third-order valence-corrected chi connectivity index (χ3v) is 2.13. The number of benzene rings is 1. The average molecular weight is 237 g/mol. The minimum atomic E-state index is -0.528. The van der Waals surface area contributed by atoms with Crippen LogP contribution in [0.1, 0.15) is 6.92 Å². The van der Waals surface area contributed by atoms with Crippen LogP contribution in [-0.4, -0.2) is 27.7 Å². The Kier molecular flexibility index (Phi) is 2.92. The van der Waals surface area contributed by atoms with Gasteiger partial charge in [-0.2, -0.15) is 4.98 Å². The lowest BCUT2D eigenvalue weighted by Crippen LogP contribution is -2.15. The Labute approximate surface area is 96.2 Å². The van der Waals surface area contributed by atoms with Crippen LogP contribution in [-0.2, 0) is 0 Å². The number of rotatable bonds is 4. The van der Waals surface area contributed by atoms with Gasteiger partial charge in [0.1, 0.15) is 5.52 Å². The molecule has 2 N–H and O–H groups in total. The molecule has 0 bridgehead atoms. The molecular weight excluding hydrogens is 226 g/mol. The quantitative estimate of drug-likeness (QED) is 0.617. The van der Waals surface area contributed by atoms with Crippen molar-refractivity contribution in [3.8, 4) is 0 Å². The number of nitrogens with zero attached hydrogens (tertiary/aromatic N) is 2. The first-order chi connectivity index (χ1) is 8.06. The fourth-order valence-corrected chi connectivity index (χ4v) is 1.34. The first kappa shape index (κ1) is 11.3. The number of nitro benzene ring substituents is 1. The molecule has 0 aliphatic carbocycles. The van der Waals surface area contributed by atoms with Gasteiger partial charge < -0.3 is 14.8 Å². The molecule has 0 spiro atoms. The van der Waals surface area contributed by atoms with E-state index in [9.17, 15) is 10.1 Å². The maximum absolute atomic E-state index is 10.6. The van der Waals surface area contributed by atoms with E-state index < -0.39 is 11.0 Å². The molecule has 1 unspecified atom stereocenters. The van der Waals surface area contributed by atoms with Crippen molar-refractivity contribution in [3.05, 3.63) is 28.3 Å². The van der Waals surface area contributed by atoms with Crippen molar-refractivity contribution in [1.29, 1.82) is 0 Å². The van der Waals surface area contributed by atoms with Crippen molar-refractivity contribution in [3.63, 3.8) is 0 Å². The lowest BCUT2D eigenvalue weighted by Gasteiger charge is -2.02. The number of non-ortho nitro benzene ring substituents is 1. The number of aromatic nitrogens is 1. The summed E-state index contributed by atoms with van der Waals surface area (Å²) >= 11 is 0. The molecule has 0 aliphatic rings. The Morgan fingerprint density at radius 3 is 3.06 bits per heavy atom. The summed E-state index contributed by atoms with van der Waals surface area (Å²) in [6, 6.07) is 4.44. The number of nitrogens with one attached hydrogen (secondary N) is 1. The van der Waals surface area contributed by atoms with Crippen LogP contribution in [0, 0.1) is 10.1 Å². The normalized spacial score (nSPS) is 12.6. The molecule has 1 atom stereocenters. The minimum absolute atomic E-state index is 0.0456. The standard InChI is InChI=1S/C10H11N3O4/c1-6(14)5-11-10-12-8-3-2-7(13(15)16)4-9(8)17-10/h2-4,6,14H,5H2,1H3,(H,11,12). The highest BCUT2D eigenvalue weighted by molar-refractivity contribution is 5.77. The fraction of sp³-hybridized carbons (Fsp3) is 0.300. The summed E-state index contributed by atoms with van der Waals surface area (Å²) in [5.41, 5.74) is 0.826. The maximum atomic E-state index is 10.6. The summed E-state index contributed by atoms with van der Waals surface area (Å²) in [6.45, 7) is 1.93. The Morgan fingerprint density at radius 2 is 2.41 bits per heavy atom. The number of oxazole rings is 1. The molecule has 0 saturated carbocycles. The number of fused-ring (bicyclic) bond motifs is 1. The summed E-state index contributed by atoms with van der Waals surface area (Å²) in [4.78, 5) is 14.1. The summed E-state index contributed by atoms with van der Waals surface area (Å²) in [5, 5.41) is 22.4. The van der Waals surface area contributed by atoms with E-state index in [-0.39, 0.29) is 11.7 Å². The lowest BCUT2D eigenvalue weighted by atomic mass is 10.3. The minimum Gasteiger partial charge on any atom is -0.423 e. The smallest absolute Gasteiger partial charge is 0.295 e. The van der Waals surface area contributed by atoms with Crippen molar-refractivity contribution >= 4 is 22.8 Å². The first-order valence-electron chi connectivity index (χ1n) is 5.03. The second-order valence-corrected chi connectivity index (χ2v) is 3.66. The van der Waals surface area contributed by atoms with Gasteiger partial charge >= 0.3 is 0 Å². The molecule has 2 aromatic rings. The summed E-state index contributed by atoms with van der Waals surface area (Å²) in [5.74, 6) is 0. The highest BCUT2D eigenvalue weighted by atomic mass is 16.6. The zero-order chi connectivity index (χ0) is 12.4. The highest BCUT2D eigenvalue weighted by Crippen LogP contribution is 2.23. The number of anilines is 1. The number of hydrogen-bond acceptors (Lipinski definition) is 6. The molecule has 1 aromatic heterocycles. The summed E-state index contributed by atoms with van der Waals surface area (Å²) < 4.78 is 5.27. The Bertz CT molecular complexity index is 549. The predicted octanol–water partition coefficient (Wildman–Crippen LogP) is 1.53. The van der Waals surface area contributed by atoms with Crippen molar-refractivity contribution in [2.75, 3.05) is 11.9 Å². The number of aliphatic hydroxyl groups excluding tert-OH is 1. The van der Waals surface area contributed by atoms with Crippen molar-refractivity contribution in [1.82, 2.24) is 4.98 Å². The second-order valence-electron chi connectivity index (χ2n) is 3.66. The lowest BCUT2D eigenvalue weighted by molar-refractivity contribution is -0.384. The molecule has 1 heterocycles. The Hall–Kier alpha value is -2.15. The zero-order valence-electron chi connectivity index (χ0n) is 9.08. The van der Waals surface area contributed by atoms with E-state index in [4.69, 9.17) is 9.52 Å². The molecule has 1 aromatic carbocycles. The Balaban J connectivity index is 2.27. The van der Waals surface area contributed by atoms with Crippen LogP contribution in [0.15, 0.2) is 22.6 Å². The van der Waals surface area contributed by atoms with Crippen molar-refractivity contribution in [2.24, 2.45) is 0 Å². The van der Waals surface area contributed by atoms with Crippen LogP contribution in [0.5, 0.6) is 0 Å². The molecule has 0 amide bonds. The van der Waals surface area contributed by atoms with E-state index in [0.717, 1.165) is 0 Å². The Morgan fingerprint density at radius 1 is 1.65 bits per heavy atom. The van der Waals surface area contributed by atoms with E-state index in [1.807, 2.05) is 0 Å². The van der Waals surface area contributed by atoms with Gasteiger partial charge in [-0.05, 0) is 13.0 Å². The largest absolute Gasteiger partial charge is 0.423 e. The van der Waals surface area contributed by atoms with Crippen LogP contribution in [0.2, 0.25) is 0 Å². The molecule has 0 aliphatic heterocycles. The monoisotopic (exact) mass is 237 g/mol. The fourth-order valence-electron chi connectivity index (χ4n) is 1.34. The SMILES string of the molecule is CC(O)CNc1nc2ccc([N+](=O)[O-])cc2o1. The van der Waals surface area contributed by atoms with Gasteiger partial charge in [-0.3, -0.25) is 10.1 Å². The van der Waals surface area contributed by atoms with E-state index in [1.54, 1.807) is 6.92 Å². The van der Waals surface area contributed by atoms with Crippen LogP contribution in [0.4, 0.5) is 11.7 Å². The second kappa shape index (κ2) is 4.38. The first-order valence-corrected chi connectivity index (χ1v) is 5.03. The third-order valence-electron chi connectivity index (χ3n) is 2.13. The topological polar surface area (TPSA) is 101 Å². The molecule has 0 radical (unpaired) electrons. The molecule has 2 rings (SSSR count). The maximum Gasteiger partial charge on any atom is 0.295 e. The van der Waals surface area contributed by atoms with Gasteiger partial charge in [0.05, 0.1) is 17.1 Å². The summed E-state index contributed by atoms with van der Waals surface area (Å²) in [6.07, 6.45) is -0.528. The van der Waals surface area contributed by atoms with E-state index >= 15 is 0 Å². The molecule has 0 saturated heterocycles. The van der Waals surface area contributed by atoms with Crippen LogP contribution in [0.3, 0.4) is 0 Å². The molecule has 7 heteroatoms. The summed E-state index contributed by atoms with van der Waals surface area (Å²) in [7, 11) is 0. The highest BCUT2D eigenvalue weighted by Gasteiger charge is 2.11. The number of aliphatic hydroxyl groups is 1. The van der Waals surface area contributed by atoms with Gasteiger partial charge in [0.15, 0.2) is 5.58 Å². The van der Waals surface area contributed by atoms with Crippen LogP contribution < -0.4 is 5.32 Å². The van der Waals surface area contributed by atoms with Crippen molar-refractivity contribution in [2.45, 2.75) is 13.0 Å². The van der Waals surface area contributed by atoms with E-state index in [2.05, 4.69) is 10.3 Å². The number of nitro groups is 1. The molecule has 7 nitrogen and oxygen atoms in total. The van der Waals surface area contributed by atoms with Crippen LogP contribution >= 0.6 is 0 Å².